The Hall–Kier alpha value is -1.90. The summed E-state index contributed by atoms with van der Waals surface area (Å²) >= 11 is 6.07. The third-order valence-electron chi connectivity index (χ3n) is 3.73. The van der Waals surface area contributed by atoms with Crippen LogP contribution in [0.2, 0.25) is 5.15 Å². The predicted octanol–water partition coefficient (Wildman–Crippen LogP) is 2.00. The Morgan fingerprint density at radius 2 is 2.08 bits per heavy atom. The first-order valence-corrected chi connectivity index (χ1v) is 9.82. The minimum Gasteiger partial charge on any atom is -0.370 e. The second kappa shape index (κ2) is 8.46. The van der Waals surface area contributed by atoms with Crippen LogP contribution in [0.25, 0.3) is 10.8 Å². The molecule has 0 amide bonds. The summed E-state index contributed by atoms with van der Waals surface area (Å²) in [6.45, 7) is 2.22. The fourth-order valence-electron chi connectivity index (χ4n) is 2.51. The number of rotatable bonds is 8. The molecular weight excluding hydrogens is 362 g/mol. The molecule has 9 heteroatoms. The SMILES string of the molecule is CCCCC(CN=C(N)N)NS(=O)(=O)c1cccc2c(Cl)nccc12. The molecule has 1 heterocycles. The maximum absolute atomic E-state index is 12.9. The number of nitrogens with one attached hydrogen (secondary N) is 1. The van der Waals surface area contributed by atoms with Gasteiger partial charge in [0.05, 0.1) is 11.4 Å². The van der Waals surface area contributed by atoms with Crippen molar-refractivity contribution in [3.8, 4) is 0 Å². The van der Waals surface area contributed by atoms with Crippen molar-refractivity contribution < 1.29 is 8.42 Å². The molecule has 2 aromatic rings. The molecular formula is C16H22ClN5O2S. The van der Waals surface area contributed by atoms with E-state index in [4.69, 9.17) is 23.1 Å². The highest BCUT2D eigenvalue weighted by atomic mass is 35.5. The van der Waals surface area contributed by atoms with E-state index >= 15 is 0 Å². The molecule has 0 aliphatic heterocycles. The molecule has 0 aliphatic rings. The molecule has 25 heavy (non-hydrogen) atoms. The van der Waals surface area contributed by atoms with Gasteiger partial charge in [0.15, 0.2) is 5.96 Å². The Balaban J connectivity index is 2.36. The smallest absolute Gasteiger partial charge is 0.241 e. The molecule has 1 unspecified atom stereocenters. The summed E-state index contributed by atoms with van der Waals surface area (Å²) in [5, 5.41) is 1.37. The Labute approximate surface area is 152 Å². The molecule has 7 nitrogen and oxygen atoms in total. The van der Waals surface area contributed by atoms with E-state index in [2.05, 4.69) is 14.7 Å². The Bertz CT molecular complexity index is 866. The molecule has 0 bridgehead atoms. The first kappa shape index (κ1) is 19.4. The lowest BCUT2D eigenvalue weighted by atomic mass is 10.1. The van der Waals surface area contributed by atoms with Crippen molar-refractivity contribution in [2.24, 2.45) is 16.5 Å². The number of unbranched alkanes of at least 4 members (excludes halogenated alkanes) is 1. The maximum atomic E-state index is 12.9. The summed E-state index contributed by atoms with van der Waals surface area (Å²) in [6, 6.07) is 6.16. The van der Waals surface area contributed by atoms with Crippen molar-refractivity contribution in [1.29, 1.82) is 0 Å². The van der Waals surface area contributed by atoms with Gasteiger partial charge in [-0.05, 0) is 18.6 Å². The van der Waals surface area contributed by atoms with Gasteiger partial charge in [0.1, 0.15) is 5.15 Å². The highest BCUT2D eigenvalue weighted by Crippen LogP contribution is 2.27. The second-order valence-electron chi connectivity index (χ2n) is 5.68. The number of hydrogen-bond acceptors (Lipinski definition) is 4. The standard InChI is InChI=1S/C16H22ClN5O2S/c1-2-3-5-11(10-21-16(18)19)22-25(23,24)14-7-4-6-13-12(14)8-9-20-15(13)17/h4,6-9,11,22H,2-3,5,10H2,1H3,(H4,18,19,21). The van der Waals surface area contributed by atoms with Crippen molar-refractivity contribution in [2.45, 2.75) is 37.1 Å². The minimum atomic E-state index is -3.77. The van der Waals surface area contributed by atoms with E-state index in [9.17, 15) is 8.42 Å². The van der Waals surface area contributed by atoms with Crippen LogP contribution in [0.4, 0.5) is 0 Å². The van der Waals surface area contributed by atoms with Crippen molar-refractivity contribution in [1.82, 2.24) is 9.71 Å². The van der Waals surface area contributed by atoms with Crippen molar-refractivity contribution in [2.75, 3.05) is 6.54 Å². The molecule has 0 spiro atoms. The Kier molecular flexibility index (Phi) is 6.57. The van der Waals surface area contributed by atoms with E-state index in [1.807, 2.05) is 6.92 Å². The van der Waals surface area contributed by atoms with Gasteiger partial charge in [-0.2, -0.15) is 0 Å². The van der Waals surface area contributed by atoms with E-state index in [1.54, 1.807) is 24.3 Å². The molecule has 0 aliphatic carbocycles. The van der Waals surface area contributed by atoms with Gasteiger partial charge in [0.25, 0.3) is 0 Å². The fourth-order valence-corrected chi connectivity index (χ4v) is 4.22. The third kappa shape index (κ3) is 5.04. The quantitative estimate of drug-likeness (QED) is 0.365. The number of aliphatic imine (C=N–C) groups is 1. The van der Waals surface area contributed by atoms with Gasteiger partial charge in [-0.15, -0.1) is 0 Å². The molecule has 0 saturated heterocycles. The lowest BCUT2D eigenvalue weighted by Gasteiger charge is -2.18. The van der Waals surface area contributed by atoms with Gasteiger partial charge in [0.2, 0.25) is 10.0 Å². The second-order valence-corrected chi connectivity index (χ2v) is 7.72. The van der Waals surface area contributed by atoms with E-state index < -0.39 is 10.0 Å². The van der Waals surface area contributed by atoms with Crippen molar-refractivity contribution in [3.63, 3.8) is 0 Å². The first-order chi connectivity index (χ1) is 11.8. The third-order valence-corrected chi connectivity index (χ3v) is 5.61. The molecule has 1 aromatic carbocycles. The molecule has 0 radical (unpaired) electrons. The summed E-state index contributed by atoms with van der Waals surface area (Å²) in [5.74, 6) is -0.0660. The largest absolute Gasteiger partial charge is 0.370 e. The van der Waals surface area contributed by atoms with Gasteiger partial charge in [-0.25, -0.2) is 18.1 Å². The van der Waals surface area contributed by atoms with Gasteiger partial charge in [-0.1, -0.05) is 43.5 Å². The summed E-state index contributed by atoms with van der Waals surface area (Å²) < 4.78 is 28.5. The van der Waals surface area contributed by atoms with Gasteiger partial charge < -0.3 is 11.5 Å². The normalized spacial score (nSPS) is 12.9. The van der Waals surface area contributed by atoms with E-state index in [0.29, 0.717) is 17.2 Å². The average molecular weight is 384 g/mol. The van der Waals surface area contributed by atoms with Crippen LogP contribution < -0.4 is 16.2 Å². The Morgan fingerprint density at radius 3 is 2.76 bits per heavy atom. The van der Waals surface area contributed by atoms with E-state index in [1.165, 1.54) is 6.20 Å². The minimum absolute atomic E-state index is 0.0660. The van der Waals surface area contributed by atoms with Crippen LogP contribution in [-0.4, -0.2) is 31.9 Å². The summed E-state index contributed by atoms with van der Waals surface area (Å²) in [7, 11) is -3.77. The monoisotopic (exact) mass is 383 g/mol. The van der Waals surface area contributed by atoms with E-state index in [0.717, 1.165) is 12.8 Å². The molecule has 2 rings (SSSR count). The van der Waals surface area contributed by atoms with Crippen LogP contribution in [0.5, 0.6) is 0 Å². The molecule has 1 aromatic heterocycles. The van der Waals surface area contributed by atoms with Crippen LogP contribution in [0.1, 0.15) is 26.2 Å². The number of benzene rings is 1. The number of pyridine rings is 1. The number of nitrogens with two attached hydrogens (primary N) is 2. The molecule has 5 N–H and O–H groups in total. The van der Waals surface area contributed by atoms with Gasteiger partial charge in [-0.3, -0.25) is 4.99 Å². The summed E-state index contributed by atoms with van der Waals surface area (Å²) in [5.41, 5.74) is 10.7. The Morgan fingerprint density at radius 1 is 1.32 bits per heavy atom. The summed E-state index contributed by atoms with van der Waals surface area (Å²) in [6.07, 6.45) is 3.92. The lowest BCUT2D eigenvalue weighted by Crippen LogP contribution is -2.38. The zero-order valence-electron chi connectivity index (χ0n) is 13.9. The number of aromatic nitrogens is 1. The zero-order valence-corrected chi connectivity index (χ0v) is 15.5. The topological polar surface area (TPSA) is 123 Å². The zero-order chi connectivity index (χ0) is 18.4. The fraction of sp³-hybridized carbons (Fsp3) is 0.375. The van der Waals surface area contributed by atoms with Crippen molar-refractivity contribution in [3.05, 3.63) is 35.6 Å². The predicted molar refractivity (Wildman–Crippen MR) is 101 cm³/mol. The number of sulfonamides is 1. The average Bonchev–Trinajstić information content (AvgIpc) is 2.57. The maximum Gasteiger partial charge on any atom is 0.241 e. The highest BCUT2D eigenvalue weighted by molar-refractivity contribution is 7.89. The molecule has 1 atom stereocenters. The first-order valence-electron chi connectivity index (χ1n) is 7.96. The number of guanidine groups is 1. The van der Waals surface area contributed by atoms with Crippen molar-refractivity contribution >= 4 is 38.4 Å². The van der Waals surface area contributed by atoms with Crippen LogP contribution in [0.3, 0.4) is 0 Å². The number of fused-ring (bicyclic) bond motifs is 1. The van der Waals surface area contributed by atoms with Crippen LogP contribution in [-0.2, 0) is 10.0 Å². The number of halogens is 1. The summed E-state index contributed by atoms with van der Waals surface area (Å²) in [4.78, 5) is 8.08. The van der Waals surface area contributed by atoms with Crippen LogP contribution in [0, 0.1) is 0 Å². The number of hydrogen-bond donors (Lipinski definition) is 3. The molecule has 0 saturated carbocycles. The molecule has 136 valence electrons. The van der Waals surface area contributed by atoms with Gasteiger partial charge >= 0.3 is 0 Å². The van der Waals surface area contributed by atoms with E-state index in [-0.39, 0.29) is 28.6 Å². The number of nitrogens with zero attached hydrogens (tertiary/aromatic N) is 2. The highest BCUT2D eigenvalue weighted by Gasteiger charge is 2.22. The van der Waals surface area contributed by atoms with Crippen LogP contribution >= 0.6 is 11.6 Å². The van der Waals surface area contributed by atoms with Gasteiger partial charge in [0, 0.05) is 23.0 Å². The lowest BCUT2D eigenvalue weighted by molar-refractivity contribution is 0.517. The van der Waals surface area contributed by atoms with Crippen LogP contribution in [0.15, 0.2) is 40.4 Å². The molecule has 0 fully saturated rings.